The van der Waals surface area contributed by atoms with Crippen LogP contribution in [0.4, 0.5) is 5.69 Å². The van der Waals surface area contributed by atoms with E-state index in [9.17, 15) is 4.79 Å². The third kappa shape index (κ3) is 3.61. The molecule has 0 unspecified atom stereocenters. The number of nitrogens with one attached hydrogen (secondary N) is 1. The van der Waals surface area contributed by atoms with Crippen molar-refractivity contribution in [3.63, 3.8) is 0 Å². The summed E-state index contributed by atoms with van der Waals surface area (Å²) in [6.45, 7) is 0. The molecule has 1 aromatic heterocycles. The molecule has 100 valence electrons. The molecular weight excluding hydrogens is 315 g/mol. The number of halogens is 2. The van der Waals surface area contributed by atoms with Crippen LogP contribution in [-0.4, -0.2) is 5.91 Å². The van der Waals surface area contributed by atoms with Crippen LogP contribution >= 0.6 is 34.5 Å². The largest absolute Gasteiger partial charge is 0.320 e. The summed E-state index contributed by atoms with van der Waals surface area (Å²) >= 11 is 13.3. The van der Waals surface area contributed by atoms with Gasteiger partial charge >= 0.3 is 0 Å². The zero-order valence-electron chi connectivity index (χ0n) is 10.1. The number of carbonyl (C=O) groups excluding carboxylic acids is 1. The molecule has 6 heteroatoms. The fourth-order valence-corrected chi connectivity index (χ4v) is 2.41. The minimum atomic E-state index is -0.525. The van der Waals surface area contributed by atoms with Crippen LogP contribution in [0.5, 0.6) is 0 Å². The quantitative estimate of drug-likeness (QED) is 0.663. The van der Waals surface area contributed by atoms with E-state index in [0.29, 0.717) is 15.7 Å². The second kappa shape index (κ2) is 6.58. The monoisotopic (exact) mass is 322 g/mol. The standard InChI is InChI=1S/C14H8Cl2N2OS/c15-11-1-2-12(16)13(6-11)18-14(19)10(7-17)5-9-3-4-20-8-9/h1-6,8H,(H,18,19)/b10-5+. The number of thiophene rings is 1. The Bertz CT molecular complexity index is 702. The molecule has 0 fully saturated rings. The fourth-order valence-electron chi connectivity index (χ4n) is 1.46. The van der Waals surface area contributed by atoms with Crippen molar-refractivity contribution < 1.29 is 4.79 Å². The van der Waals surface area contributed by atoms with E-state index in [-0.39, 0.29) is 5.57 Å². The Kier molecular flexibility index (Phi) is 4.80. The van der Waals surface area contributed by atoms with E-state index in [1.54, 1.807) is 12.1 Å². The molecule has 0 aliphatic carbocycles. The van der Waals surface area contributed by atoms with E-state index in [1.165, 1.54) is 23.5 Å². The molecule has 0 aliphatic rings. The Labute approximate surface area is 130 Å². The van der Waals surface area contributed by atoms with Crippen molar-refractivity contribution in [1.82, 2.24) is 0 Å². The first kappa shape index (κ1) is 14.6. The molecule has 2 aromatic rings. The van der Waals surface area contributed by atoms with Gasteiger partial charge in [-0.05, 0) is 46.7 Å². The van der Waals surface area contributed by atoms with Crippen molar-refractivity contribution in [3.8, 4) is 6.07 Å². The molecule has 0 aliphatic heterocycles. The lowest BCUT2D eigenvalue weighted by molar-refractivity contribution is -0.112. The van der Waals surface area contributed by atoms with Gasteiger partial charge in [0.05, 0.1) is 10.7 Å². The number of nitriles is 1. The molecule has 0 radical (unpaired) electrons. The number of amides is 1. The predicted molar refractivity (Wildman–Crippen MR) is 83.0 cm³/mol. The van der Waals surface area contributed by atoms with Crippen LogP contribution in [0.25, 0.3) is 6.08 Å². The minimum Gasteiger partial charge on any atom is -0.320 e. The van der Waals surface area contributed by atoms with Crippen LogP contribution in [0.2, 0.25) is 10.0 Å². The number of rotatable bonds is 3. The van der Waals surface area contributed by atoms with Crippen LogP contribution < -0.4 is 5.32 Å². The molecule has 1 aromatic carbocycles. The number of anilines is 1. The summed E-state index contributed by atoms with van der Waals surface area (Å²) in [5.74, 6) is -0.525. The number of benzene rings is 1. The van der Waals surface area contributed by atoms with Crippen LogP contribution in [0.15, 0.2) is 40.6 Å². The molecule has 0 bridgehead atoms. The Morgan fingerprint density at radius 1 is 1.35 bits per heavy atom. The second-order valence-electron chi connectivity index (χ2n) is 3.80. The van der Waals surface area contributed by atoms with Gasteiger partial charge in [0.2, 0.25) is 0 Å². The van der Waals surface area contributed by atoms with E-state index in [4.69, 9.17) is 28.5 Å². The first-order chi connectivity index (χ1) is 9.60. The lowest BCUT2D eigenvalue weighted by Gasteiger charge is -2.06. The summed E-state index contributed by atoms with van der Waals surface area (Å²) < 4.78 is 0. The molecule has 0 spiro atoms. The summed E-state index contributed by atoms with van der Waals surface area (Å²) in [7, 11) is 0. The molecule has 20 heavy (non-hydrogen) atoms. The van der Waals surface area contributed by atoms with Gasteiger partial charge in [-0.15, -0.1) is 0 Å². The summed E-state index contributed by atoms with van der Waals surface area (Å²) in [6, 6.07) is 8.42. The average Bonchev–Trinajstić information content (AvgIpc) is 2.93. The van der Waals surface area contributed by atoms with Crippen LogP contribution in [-0.2, 0) is 4.79 Å². The molecular formula is C14H8Cl2N2OS. The van der Waals surface area contributed by atoms with E-state index < -0.39 is 5.91 Å². The maximum atomic E-state index is 12.0. The van der Waals surface area contributed by atoms with Crippen molar-refractivity contribution in [2.75, 3.05) is 5.32 Å². The highest BCUT2D eigenvalue weighted by atomic mass is 35.5. The molecule has 0 saturated heterocycles. The van der Waals surface area contributed by atoms with Gasteiger partial charge in [-0.3, -0.25) is 4.79 Å². The van der Waals surface area contributed by atoms with E-state index >= 15 is 0 Å². The van der Waals surface area contributed by atoms with Crippen molar-refractivity contribution >= 4 is 52.2 Å². The van der Waals surface area contributed by atoms with Crippen LogP contribution in [0.3, 0.4) is 0 Å². The van der Waals surface area contributed by atoms with Crippen molar-refractivity contribution in [3.05, 3.63) is 56.2 Å². The second-order valence-corrected chi connectivity index (χ2v) is 5.43. The summed E-state index contributed by atoms with van der Waals surface area (Å²) in [5.41, 5.74) is 1.17. The third-order valence-electron chi connectivity index (χ3n) is 2.40. The minimum absolute atomic E-state index is 0.000517. The van der Waals surface area contributed by atoms with Gasteiger partial charge in [0.25, 0.3) is 5.91 Å². The van der Waals surface area contributed by atoms with Gasteiger partial charge in [-0.1, -0.05) is 23.2 Å². The number of nitrogens with zero attached hydrogens (tertiary/aromatic N) is 1. The van der Waals surface area contributed by atoms with E-state index in [0.717, 1.165) is 5.56 Å². The SMILES string of the molecule is N#C/C(=C\c1ccsc1)C(=O)Nc1cc(Cl)ccc1Cl. The smallest absolute Gasteiger partial charge is 0.266 e. The average molecular weight is 323 g/mol. The summed E-state index contributed by atoms with van der Waals surface area (Å²) in [6.07, 6.45) is 1.52. The number of hydrogen-bond acceptors (Lipinski definition) is 3. The maximum Gasteiger partial charge on any atom is 0.266 e. The highest BCUT2D eigenvalue weighted by Gasteiger charge is 2.11. The Morgan fingerprint density at radius 2 is 2.15 bits per heavy atom. The van der Waals surface area contributed by atoms with Crippen molar-refractivity contribution in [2.45, 2.75) is 0 Å². The molecule has 0 atom stereocenters. The predicted octanol–water partition coefficient (Wildman–Crippen LogP) is 4.60. The third-order valence-corrected chi connectivity index (χ3v) is 3.66. The lowest BCUT2D eigenvalue weighted by Crippen LogP contribution is -2.13. The zero-order valence-corrected chi connectivity index (χ0v) is 12.4. The van der Waals surface area contributed by atoms with Gasteiger partial charge in [-0.25, -0.2) is 0 Å². The van der Waals surface area contributed by atoms with Gasteiger partial charge in [-0.2, -0.15) is 16.6 Å². The normalized spacial score (nSPS) is 10.9. The van der Waals surface area contributed by atoms with Gasteiger partial charge < -0.3 is 5.32 Å². The lowest BCUT2D eigenvalue weighted by atomic mass is 10.2. The molecule has 1 amide bonds. The van der Waals surface area contributed by atoms with Crippen LogP contribution in [0, 0.1) is 11.3 Å². The first-order valence-corrected chi connectivity index (χ1v) is 7.20. The zero-order chi connectivity index (χ0) is 14.5. The maximum absolute atomic E-state index is 12.0. The Balaban J connectivity index is 2.23. The summed E-state index contributed by atoms with van der Waals surface area (Å²) in [4.78, 5) is 12.0. The molecule has 2 rings (SSSR count). The van der Waals surface area contributed by atoms with Crippen molar-refractivity contribution in [1.29, 1.82) is 5.26 Å². The molecule has 0 saturated carbocycles. The summed E-state index contributed by atoms with van der Waals surface area (Å²) in [5, 5.41) is 16.2. The molecule has 3 nitrogen and oxygen atoms in total. The highest BCUT2D eigenvalue weighted by molar-refractivity contribution is 7.08. The van der Waals surface area contributed by atoms with E-state index in [1.807, 2.05) is 22.9 Å². The van der Waals surface area contributed by atoms with Gasteiger partial charge in [0.1, 0.15) is 11.6 Å². The van der Waals surface area contributed by atoms with Gasteiger partial charge in [0, 0.05) is 5.02 Å². The molecule has 1 heterocycles. The Morgan fingerprint density at radius 3 is 2.80 bits per heavy atom. The van der Waals surface area contributed by atoms with Crippen LogP contribution in [0.1, 0.15) is 5.56 Å². The van der Waals surface area contributed by atoms with Gasteiger partial charge in [0.15, 0.2) is 0 Å². The van der Waals surface area contributed by atoms with Crippen molar-refractivity contribution in [2.24, 2.45) is 0 Å². The highest BCUT2D eigenvalue weighted by Crippen LogP contribution is 2.26. The number of carbonyl (C=O) groups is 1. The van der Waals surface area contributed by atoms with E-state index in [2.05, 4.69) is 5.32 Å². The fraction of sp³-hybridized carbons (Fsp3) is 0. The Hall–Kier alpha value is -1.80. The number of hydrogen-bond donors (Lipinski definition) is 1. The molecule has 1 N–H and O–H groups in total. The first-order valence-electron chi connectivity index (χ1n) is 5.50. The topological polar surface area (TPSA) is 52.9 Å².